The molecule has 1 heterocycles. The Labute approximate surface area is 108 Å². The summed E-state index contributed by atoms with van der Waals surface area (Å²) in [7, 11) is 0. The summed E-state index contributed by atoms with van der Waals surface area (Å²) in [5.41, 5.74) is 4.52. The summed E-state index contributed by atoms with van der Waals surface area (Å²) in [5, 5.41) is 10.3. The third kappa shape index (κ3) is 2.96. The topological polar surface area (TPSA) is 33.1 Å². The number of benzene rings is 1. The van der Waals surface area contributed by atoms with Gasteiger partial charge in [0.05, 0.1) is 6.10 Å². The molecule has 1 aromatic carbocycles. The predicted octanol–water partition coefficient (Wildman–Crippen LogP) is 3.23. The molecule has 0 amide bonds. The molecule has 18 heavy (non-hydrogen) atoms. The molecule has 2 rings (SSSR count). The van der Waals surface area contributed by atoms with Crippen LogP contribution in [0.3, 0.4) is 0 Å². The second-order valence-corrected chi connectivity index (χ2v) is 4.63. The molecule has 94 valence electrons. The molecule has 2 nitrogen and oxygen atoms in total. The molecule has 0 saturated carbocycles. The lowest BCUT2D eigenvalue weighted by Crippen LogP contribution is -2.05. The summed E-state index contributed by atoms with van der Waals surface area (Å²) in [6.07, 6.45) is 4.68. The summed E-state index contributed by atoms with van der Waals surface area (Å²) in [4.78, 5) is 4.11. The lowest BCUT2D eigenvalue weighted by atomic mass is 9.97. The number of aliphatic hydroxyl groups is 1. The Kier molecular flexibility index (Phi) is 4.11. The number of hydrogen-bond donors (Lipinski definition) is 1. The first kappa shape index (κ1) is 12.8. The molecule has 0 fully saturated rings. The van der Waals surface area contributed by atoms with Crippen molar-refractivity contribution in [1.82, 2.24) is 4.98 Å². The van der Waals surface area contributed by atoms with Gasteiger partial charge in [-0.1, -0.05) is 36.8 Å². The Hall–Kier alpha value is -1.67. The molecule has 2 aromatic rings. The Bertz CT molecular complexity index is 505. The van der Waals surface area contributed by atoms with Crippen LogP contribution in [0.25, 0.3) is 0 Å². The number of aliphatic hydroxyl groups excluding tert-OH is 1. The van der Waals surface area contributed by atoms with Crippen LogP contribution in [0.1, 0.15) is 35.3 Å². The van der Waals surface area contributed by atoms with Crippen molar-refractivity contribution in [2.24, 2.45) is 0 Å². The second-order valence-electron chi connectivity index (χ2n) is 4.63. The Balaban J connectivity index is 2.16. The molecule has 1 aromatic heterocycles. The van der Waals surface area contributed by atoms with Crippen LogP contribution < -0.4 is 0 Å². The fourth-order valence-electron chi connectivity index (χ4n) is 2.12. The molecule has 0 radical (unpaired) electrons. The monoisotopic (exact) mass is 241 g/mol. The molecule has 1 N–H and O–H groups in total. The predicted molar refractivity (Wildman–Crippen MR) is 73.5 cm³/mol. The molecule has 0 aliphatic heterocycles. The summed E-state index contributed by atoms with van der Waals surface area (Å²) >= 11 is 0. The molecule has 1 atom stereocenters. The van der Waals surface area contributed by atoms with Gasteiger partial charge >= 0.3 is 0 Å². The van der Waals surface area contributed by atoms with Gasteiger partial charge in [0.1, 0.15) is 0 Å². The van der Waals surface area contributed by atoms with Gasteiger partial charge in [0.15, 0.2) is 0 Å². The minimum absolute atomic E-state index is 0.453. The van der Waals surface area contributed by atoms with Crippen molar-refractivity contribution in [3.63, 3.8) is 0 Å². The SMILES string of the molecule is CCc1cnccc1C(O)Cc1ccc(C)cc1. The van der Waals surface area contributed by atoms with E-state index in [1.54, 1.807) is 6.20 Å². The highest BCUT2D eigenvalue weighted by molar-refractivity contribution is 5.28. The van der Waals surface area contributed by atoms with Crippen molar-refractivity contribution in [3.05, 3.63) is 65.0 Å². The average molecular weight is 241 g/mol. The fourth-order valence-corrected chi connectivity index (χ4v) is 2.12. The van der Waals surface area contributed by atoms with Crippen LogP contribution in [-0.4, -0.2) is 10.1 Å². The quantitative estimate of drug-likeness (QED) is 0.891. The number of rotatable bonds is 4. The minimum Gasteiger partial charge on any atom is -0.388 e. The number of nitrogens with zero attached hydrogens (tertiary/aromatic N) is 1. The molecule has 0 bridgehead atoms. The third-order valence-corrected chi connectivity index (χ3v) is 3.23. The zero-order valence-electron chi connectivity index (χ0n) is 10.9. The van der Waals surface area contributed by atoms with E-state index in [9.17, 15) is 5.11 Å². The third-order valence-electron chi connectivity index (χ3n) is 3.23. The van der Waals surface area contributed by atoms with Crippen LogP contribution in [0.4, 0.5) is 0 Å². The van der Waals surface area contributed by atoms with E-state index < -0.39 is 6.10 Å². The van der Waals surface area contributed by atoms with Crippen LogP contribution in [0.2, 0.25) is 0 Å². The summed E-state index contributed by atoms with van der Waals surface area (Å²) in [6, 6.07) is 10.2. The maximum atomic E-state index is 10.3. The van der Waals surface area contributed by atoms with Crippen molar-refractivity contribution in [2.45, 2.75) is 32.8 Å². The summed E-state index contributed by atoms with van der Waals surface area (Å²) < 4.78 is 0. The molecular formula is C16H19NO. The van der Waals surface area contributed by atoms with Crippen LogP contribution in [-0.2, 0) is 12.8 Å². The highest BCUT2D eigenvalue weighted by Gasteiger charge is 2.12. The van der Waals surface area contributed by atoms with E-state index in [2.05, 4.69) is 43.1 Å². The van der Waals surface area contributed by atoms with Crippen molar-refractivity contribution in [3.8, 4) is 0 Å². The maximum Gasteiger partial charge on any atom is 0.0834 e. The van der Waals surface area contributed by atoms with E-state index in [0.717, 1.165) is 23.1 Å². The van der Waals surface area contributed by atoms with Gasteiger partial charge < -0.3 is 5.11 Å². The van der Waals surface area contributed by atoms with E-state index in [1.807, 2.05) is 12.3 Å². The Morgan fingerprint density at radius 2 is 1.89 bits per heavy atom. The summed E-state index contributed by atoms with van der Waals surface area (Å²) in [6.45, 7) is 4.15. The van der Waals surface area contributed by atoms with Gasteiger partial charge in [-0.15, -0.1) is 0 Å². The number of aromatic nitrogens is 1. The van der Waals surface area contributed by atoms with Crippen molar-refractivity contribution >= 4 is 0 Å². The second kappa shape index (κ2) is 5.78. The van der Waals surface area contributed by atoms with E-state index in [0.29, 0.717) is 6.42 Å². The van der Waals surface area contributed by atoms with Gasteiger partial charge in [-0.25, -0.2) is 0 Å². The molecular weight excluding hydrogens is 222 g/mol. The van der Waals surface area contributed by atoms with Crippen LogP contribution in [0.5, 0.6) is 0 Å². The smallest absolute Gasteiger partial charge is 0.0834 e. The van der Waals surface area contributed by atoms with Gasteiger partial charge in [-0.05, 0) is 36.1 Å². The standard InChI is InChI=1S/C16H19NO/c1-3-14-11-17-9-8-15(14)16(18)10-13-6-4-12(2)5-7-13/h4-9,11,16,18H,3,10H2,1-2H3. The first-order valence-corrected chi connectivity index (χ1v) is 6.37. The van der Waals surface area contributed by atoms with Crippen molar-refractivity contribution < 1.29 is 5.11 Å². The van der Waals surface area contributed by atoms with E-state index in [-0.39, 0.29) is 0 Å². The van der Waals surface area contributed by atoms with Gasteiger partial charge in [-0.3, -0.25) is 4.98 Å². The highest BCUT2D eigenvalue weighted by atomic mass is 16.3. The van der Waals surface area contributed by atoms with Gasteiger partial charge in [-0.2, -0.15) is 0 Å². The highest BCUT2D eigenvalue weighted by Crippen LogP contribution is 2.21. The zero-order valence-corrected chi connectivity index (χ0v) is 10.9. The number of pyridine rings is 1. The Morgan fingerprint density at radius 3 is 2.56 bits per heavy atom. The first-order chi connectivity index (χ1) is 8.70. The molecule has 0 aliphatic carbocycles. The molecule has 2 heteroatoms. The van der Waals surface area contributed by atoms with Crippen molar-refractivity contribution in [2.75, 3.05) is 0 Å². The lowest BCUT2D eigenvalue weighted by Gasteiger charge is -2.14. The minimum atomic E-state index is -0.453. The molecule has 0 spiro atoms. The van der Waals surface area contributed by atoms with Gasteiger partial charge in [0.25, 0.3) is 0 Å². The number of aryl methyl sites for hydroxylation is 2. The summed E-state index contributed by atoms with van der Waals surface area (Å²) in [5.74, 6) is 0. The maximum absolute atomic E-state index is 10.3. The molecule has 0 saturated heterocycles. The normalized spacial score (nSPS) is 12.4. The van der Waals surface area contributed by atoms with Crippen LogP contribution in [0, 0.1) is 6.92 Å². The zero-order chi connectivity index (χ0) is 13.0. The van der Waals surface area contributed by atoms with Crippen LogP contribution in [0.15, 0.2) is 42.7 Å². The first-order valence-electron chi connectivity index (χ1n) is 6.37. The largest absolute Gasteiger partial charge is 0.388 e. The fraction of sp³-hybridized carbons (Fsp3) is 0.312. The Morgan fingerprint density at radius 1 is 1.17 bits per heavy atom. The van der Waals surface area contributed by atoms with E-state index in [1.165, 1.54) is 5.56 Å². The van der Waals surface area contributed by atoms with Crippen LogP contribution >= 0.6 is 0 Å². The molecule has 1 unspecified atom stereocenters. The van der Waals surface area contributed by atoms with E-state index in [4.69, 9.17) is 0 Å². The van der Waals surface area contributed by atoms with E-state index >= 15 is 0 Å². The van der Waals surface area contributed by atoms with Gasteiger partial charge in [0, 0.05) is 18.8 Å². The van der Waals surface area contributed by atoms with Crippen molar-refractivity contribution in [1.29, 1.82) is 0 Å². The lowest BCUT2D eigenvalue weighted by molar-refractivity contribution is 0.177. The number of hydrogen-bond acceptors (Lipinski definition) is 2. The molecule has 0 aliphatic rings. The average Bonchev–Trinajstić information content (AvgIpc) is 2.41. The van der Waals surface area contributed by atoms with Gasteiger partial charge in [0.2, 0.25) is 0 Å².